The second-order valence-corrected chi connectivity index (χ2v) is 6.64. The molecule has 9 heteroatoms. The van der Waals surface area contributed by atoms with Gasteiger partial charge in [0.15, 0.2) is 5.03 Å². The predicted octanol–water partition coefficient (Wildman–Crippen LogP) is 1.06. The lowest BCUT2D eigenvalue weighted by Crippen LogP contribution is -2.27. The molecule has 0 aliphatic carbocycles. The van der Waals surface area contributed by atoms with E-state index in [-0.39, 0.29) is 17.1 Å². The van der Waals surface area contributed by atoms with Gasteiger partial charge in [-0.05, 0) is 12.1 Å². The second-order valence-electron chi connectivity index (χ2n) is 3.93. The van der Waals surface area contributed by atoms with Crippen molar-refractivity contribution in [3.8, 4) is 0 Å². The van der Waals surface area contributed by atoms with E-state index in [1.54, 1.807) is 10.9 Å². The van der Waals surface area contributed by atoms with E-state index in [0.29, 0.717) is 5.69 Å². The summed E-state index contributed by atoms with van der Waals surface area (Å²) < 4.78 is 25.6. The fourth-order valence-corrected chi connectivity index (χ4v) is 3.04. The molecule has 0 bridgehead atoms. The number of hydrogen-bond acceptors (Lipinski definition) is 6. The normalized spacial score (nSPS) is 11.7. The molecule has 0 unspecified atom stereocenters. The molecule has 0 amide bonds. The van der Waals surface area contributed by atoms with Crippen molar-refractivity contribution in [2.45, 2.75) is 11.6 Å². The number of nitrogens with zero attached hydrogens (tertiary/aromatic N) is 3. The Labute approximate surface area is 119 Å². The van der Waals surface area contributed by atoms with Crippen LogP contribution in [0, 0.1) is 0 Å². The van der Waals surface area contributed by atoms with Gasteiger partial charge in [-0.1, -0.05) is 0 Å². The van der Waals surface area contributed by atoms with E-state index in [9.17, 15) is 13.2 Å². The second kappa shape index (κ2) is 5.65. The Balaban J connectivity index is 2.23. The highest BCUT2D eigenvalue weighted by molar-refractivity contribution is 7.89. The molecule has 0 aromatic carbocycles. The van der Waals surface area contributed by atoms with Crippen LogP contribution in [-0.4, -0.2) is 40.8 Å². The first-order valence-corrected chi connectivity index (χ1v) is 7.82. The quantitative estimate of drug-likeness (QED) is 0.885. The fraction of sp³-hybridized carbons (Fsp3) is 0.182. The number of sulfonamides is 1. The Morgan fingerprint density at radius 1 is 1.40 bits per heavy atom. The van der Waals surface area contributed by atoms with E-state index in [2.05, 4.69) is 9.97 Å². The highest BCUT2D eigenvalue weighted by Crippen LogP contribution is 2.15. The summed E-state index contributed by atoms with van der Waals surface area (Å²) in [5.41, 5.74) is 2.20. The van der Waals surface area contributed by atoms with Crippen molar-refractivity contribution in [3.05, 3.63) is 40.5 Å². The molecule has 20 heavy (non-hydrogen) atoms. The molecule has 2 rings (SSSR count). The summed E-state index contributed by atoms with van der Waals surface area (Å²) in [5, 5.41) is 10.3. The maximum absolute atomic E-state index is 12.2. The average Bonchev–Trinajstić information content (AvgIpc) is 2.91. The Hall–Kier alpha value is -1.84. The van der Waals surface area contributed by atoms with E-state index in [1.165, 1.54) is 30.5 Å². The first-order valence-electron chi connectivity index (χ1n) is 5.44. The third-order valence-corrected chi connectivity index (χ3v) is 4.88. The molecule has 7 nitrogen and oxygen atoms in total. The van der Waals surface area contributed by atoms with Crippen LogP contribution in [0.5, 0.6) is 0 Å². The minimum Gasteiger partial charge on any atom is -0.478 e. The summed E-state index contributed by atoms with van der Waals surface area (Å²) in [6.07, 6.45) is 1.02. The number of pyridine rings is 1. The summed E-state index contributed by atoms with van der Waals surface area (Å²) in [7, 11) is -2.35. The Kier molecular flexibility index (Phi) is 4.12. The number of carbonyl (C=O) groups is 1. The molecule has 0 aliphatic heterocycles. The molecule has 0 aliphatic rings. The van der Waals surface area contributed by atoms with Gasteiger partial charge < -0.3 is 5.11 Å². The van der Waals surface area contributed by atoms with Crippen LogP contribution in [0.15, 0.2) is 34.2 Å². The number of aromatic carboxylic acids is 1. The van der Waals surface area contributed by atoms with Crippen molar-refractivity contribution in [1.29, 1.82) is 0 Å². The minimum absolute atomic E-state index is 0.0638. The van der Waals surface area contributed by atoms with E-state index in [0.717, 1.165) is 10.5 Å². The smallest absolute Gasteiger partial charge is 0.337 e. The number of carboxylic acid groups (broad SMARTS) is 1. The monoisotopic (exact) mass is 313 g/mol. The van der Waals surface area contributed by atoms with Crippen LogP contribution in [0.1, 0.15) is 16.1 Å². The molecule has 0 radical (unpaired) electrons. The molecule has 2 heterocycles. The number of aromatic nitrogens is 2. The molecule has 0 spiro atoms. The zero-order valence-electron chi connectivity index (χ0n) is 10.4. The lowest BCUT2D eigenvalue weighted by Gasteiger charge is -2.15. The largest absolute Gasteiger partial charge is 0.478 e. The van der Waals surface area contributed by atoms with Gasteiger partial charge in [0, 0.05) is 18.6 Å². The van der Waals surface area contributed by atoms with Crippen LogP contribution in [0.4, 0.5) is 0 Å². The zero-order chi connectivity index (χ0) is 14.8. The predicted molar refractivity (Wildman–Crippen MR) is 72.0 cm³/mol. The molecule has 2 aromatic heterocycles. The van der Waals surface area contributed by atoms with Gasteiger partial charge in [-0.3, -0.25) is 0 Å². The topological polar surface area (TPSA) is 100 Å². The van der Waals surface area contributed by atoms with Crippen LogP contribution in [-0.2, 0) is 16.6 Å². The molecule has 0 atom stereocenters. The number of thiazole rings is 1. The third-order valence-electron chi connectivity index (χ3n) is 2.53. The summed E-state index contributed by atoms with van der Waals surface area (Å²) in [6, 6.07) is 2.38. The molecule has 106 valence electrons. The van der Waals surface area contributed by atoms with Crippen LogP contribution < -0.4 is 0 Å². The van der Waals surface area contributed by atoms with Crippen LogP contribution in [0.3, 0.4) is 0 Å². The van der Waals surface area contributed by atoms with Gasteiger partial charge in [-0.25, -0.2) is 23.2 Å². The molecular weight excluding hydrogens is 302 g/mol. The molecular formula is C11H11N3O4S2. The van der Waals surface area contributed by atoms with Gasteiger partial charge in [-0.15, -0.1) is 11.3 Å². The summed E-state index contributed by atoms with van der Waals surface area (Å²) in [4.78, 5) is 18.4. The molecule has 0 saturated carbocycles. The van der Waals surface area contributed by atoms with Crippen molar-refractivity contribution in [2.24, 2.45) is 0 Å². The fourth-order valence-electron chi connectivity index (χ4n) is 1.45. The summed E-state index contributed by atoms with van der Waals surface area (Å²) in [5.74, 6) is -1.16. The molecule has 1 N–H and O–H groups in total. The minimum atomic E-state index is -3.76. The maximum atomic E-state index is 12.2. The van der Waals surface area contributed by atoms with Gasteiger partial charge in [0.05, 0.1) is 23.3 Å². The first kappa shape index (κ1) is 14.6. The van der Waals surface area contributed by atoms with Crippen LogP contribution in [0.2, 0.25) is 0 Å². The maximum Gasteiger partial charge on any atom is 0.337 e. The third kappa shape index (κ3) is 3.00. The average molecular weight is 313 g/mol. The highest BCUT2D eigenvalue weighted by atomic mass is 32.2. The molecule has 0 saturated heterocycles. The number of carboxylic acids is 1. The van der Waals surface area contributed by atoms with Crippen molar-refractivity contribution in [2.75, 3.05) is 7.05 Å². The standard InChI is InChI=1S/C11H11N3O4S2/c1-14(5-9-6-19-7-13-9)20(17,18)10-3-2-8(4-12-10)11(15)16/h2-4,6-7H,5H2,1H3,(H,15,16). The summed E-state index contributed by atoms with van der Waals surface area (Å²) in [6.45, 7) is 0.133. The zero-order valence-corrected chi connectivity index (χ0v) is 12.1. The van der Waals surface area contributed by atoms with Gasteiger partial charge in [-0.2, -0.15) is 4.31 Å². The number of hydrogen-bond donors (Lipinski definition) is 1. The van der Waals surface area contributed by atoms with Gasteiger partial charge in [0.2, 0.25) is 0 Å². The van der Waals surface area contributed by atoms with Crippen molar-refractivity contribution >= 4 is 27.3 Å². The van der Waals surface area contributed by atoms with Crippen LogP contribution >= 0.6 is 11.3 Å². The van der Waals surface area contributed by atoms with Crippen LogP contribution in [0.25, 0.3) is 0 Å². The lowest BCUT2D eigenvalue weighted by atomic mass is 10.3. The Morgan fingerprint density at radius 3 is 2.65 bits per heavy atom. The Morgan fingerprint density at radius 2 is 2.15 bits per heavy atom. The van der Waals surface area contributed by atoms with Crippen molar-refractivity contribution < 1.29 is 18.3 Å². The summed E-state index contributed by atoms with van der Waals surface area (Å²) >= 11 is 1.38. The lowest BCUT2D eigenvalue weighted by molar-refractivity contribution is 0.0696. The SMILES string of the molecule is CN(Cc1cscn1)S(=O)(=O)c1ccc(C(=O)O)cn1. The van der Waals surface area contributed by atoms with Gasteiger partial charge >= 0.3 is 5.97 Å². The highest BCUT2D eigenvalue weighted by Gasteiger charge is 2.23. The first-order chi connectivity index (χ1) is 9.41. The van der Waals surface area contributed by atoms with Crippen molar-refractivity contribution in [1.82, 2.24) is 14.3 Å². The molecule has 0 fully saturated rings. The van der Waals surface area contributed by atoms with Crippen molar-refractivity contribution in [3.63, 3.8) is 0 Å². The van der Waals surface area contributed by atoms with E-state index in [4.69, 9.17) is 5.11 Å². The van der Waals surface area contributed by atoms with E-state index >= 15 is 0 Å². The van der Waals surface area contributed by atoms with E-state index in [1.807, 2.05) is 0 Å². The Bertz CT molecular complexity index is 696. The molecule has 2 aromatic rings. The van der Waals surface area contributed by atoms with Gasteiger partial charge in [0.1, 0.15) is 0 Å². The number of rotatable bonds is 5. The van der Waals surface area contributed by atoms with E-state index < -0.39 is 16.0 Å². The van der Waals surface area contributed by atoms with Gasteiger partial charge in [0.25, 0.3) is 10.0 Å².